The lowest BCUT2D eigenvalue weighted by atomic mass is 10.1. The predicted octanol–water partition coefficient (Wildman–Crippen LogP) is 3.40. The first-order chi connectivity index (χ1) is 15.4. The summed E-state index contributed by atoms with van der Waals surface area (Å²) in [7, 11) is -3.72. The summed E-state index contributed by atoms with van der Waals surface area (Å²) in [5, 5.41) is 2.88. The highest BCUT2D eigenvalue weighted by molar-refractivity contribution is 7.92. The topological polar surface area (TPSA) is 86.8 Å². The standard InChI is InChI=1S/C25H35N3O4S/c1-7-23(25(30)26-18(2)3)27(16-21-12-8-19(4)9-13-21)24(29)17-28(33(6,31)32)22-14-10-20(5)11-15-22/h8-15,18,23H,7,16-17H2,1-6H3,(H,26,30). The van der Waals surface area contributed by atoms with E-state index in [1.54, 1.807) is 24.3 Å². The van der Waals surface area contributed by atoms with Crippen LogP contribution in [0.5, 0.6) is 0 Å². The molecule has 0 aliphatic rings. The Bertz CT molecular complexity index is 1050. The summed E-state index contributed by atoms with van der Waals surface area (Å²) in [4.78, 5) is 28.0. The van der Waals surface area contributed by atoms with Gasteiger partial charge in [0.2, 0.25) is 21.8 Å². The van der Waals surface area contributed by atoms with Gasteiger partial charge in [-0.2, -0.15) is 0 Å². The lowest BCUT2D eigenvalue weighted by molar-refractivity contribution is -0.140. The maximum absolute atomic E-state index is 13.5. The molecule has 1 N–H and O–H groups in total. The molecule has 0 heterocycles. The second-order valence-corrected chi connectivity index (χ2v) is 10.6. The Kier molecular flexibility index (Phi) is 9.05. The van der Waals surface area contributed by atoms with Gasteiger partial charge < -0.3 is 10.2 Å². The van der Waals surface area contributed by atoms with E-state index in [9.17, 15) is 18.0 Å². The molecule has 2 rings (SSSR count). The minimum Gasteiger partial charge on any atom is -0.352 e. The molecule has 0 spiro atoms. The summed E-state index contributed by atoms with van der Waals surface area (Å²) in [6, 6.07) is 13.9. The number of anilines is 1. The number of carbonyl (C=O) groups excluding carboxylic acids is 2. The van der Waals surface area contributed by atoms with Crippen LogP contribution in [0.2, 0.25) is 0 Å². The Balaban J connectivity index is 2.42. The third-order valence-corrected chi connectivity index (χ3v) is 6.43. The van der Waals surface area contributed by atoms with E-state index in [4.69, 9.17) is 0 Å². The maximum atomic E-state index is 13.5. The Morgan fingerprint density at radius 1 is 0.939 bits per heavy atom. The molecule has 0 aromatic heterocycles. The van der Waals surface area contributed by atoms with E-state index in [0.717, 1.165) is 27.3 Å². The molecule has 8 heteroatoms. The summed E-state index contributed by atoms with van der Waals surface area (Å²) >= 11 is 0. The molecule has 2 aromatic carbocycles. The lowest BCUT2D eigenvalue weighted by Crippen LogP contribution is -2.53. The molecule has 0 saturated heterocycles. The van der Waals surface area contributed by atoms with Gasteiger partial charge in [-0.1, -0.05) is 54.4 Å². The Hall–Kier alpha value is -2.87. The van der Waals surface area contributed by atoms with Crippen LogP contribution in [0.4, 0.5) is 5.69 Å². The Morgan fingerprint density at radius 3 is 1.91 bits per heavy atom. The van der Waals surface area contributed by atoms with Gasteiger partial charge in [0.15, 0.2) is 0 Å². The van der Waals surface area contributed by atoms with Gasteiger partial charge in [-0.05, 0) is 51.8 Å². The van der Waals surface area contributed by atoms with Crippen molar-refractivity contribution in [2.45, 2.75) is 59.7 Å². The Labute approximate surface area is 197 Å². The number of aryl methyl sites for hydroxylation is 2. The molecular weight excluding hydrogens is 438 g/mol. The number of amides is 2. The number of carbonyl (C=O) groups is 2. The van der Waals surface area contributed by atoms with E-state index in [2.05, 4.69) is 5.32 Å². The fourth-order valence-electron chi connectivity index (χ4n) is 3.52. The number of nitrogens with one attached hydrogen (secondary N) is 1. The molecule has 7 nitrogen and oxygen atoms in total. The van der Waals surface area contributed by atoms with Crippen LogP contribution in [0.25, 0.3) is 0 Å². The monoisotopic (exact) mass is 473 g/mol. The zero-order valence-corrected chi connectivity index (χ0v) is 21.1. The van der Waals surface area contributed by atoms with Gasteiger partial charge >= 0.3 is 0 Å². The minimum atomic E-state index is -3.72. The van der Waals surface area contributed by atoms with Crippen molar-refractivity contribution >= 4 is 27.5 Å². The zero-order valence-electron chi connectivity index (χ0n) is 20.3. The van der Waals surface area contributed by atoms with E-state index >= 15 is 0 Å². The van der Waals surface area contributed by atoms with Crippen LogP contribution in [0.15, 0.2) is 48.5 Å². The lowest BCUT2D eigenvalue weighted by Gasteiger charge is -2.33. The maximum Gasteiger partial charge on any atom is 0.244 e. The first-order valence-corrected chi connectivity index (χ1v) is 13.0. The molecule has 0 radical (unpaired) electrons. The van der Waals surface area contributed by atoms with Gasteiger partial charge in [0.1, 0.15) is 12.6 Å². The summed E-state index contributed by atoms with van der Waals surface area (Å²) in [6.45, 7) is 9.26. The zero-order chi connectivity index (χ0) is 24.8. The third-order valence-electron chi connectivity index (χ3n) is 5.29. The van der Waals surface area contributed by atoms with Crippen molar-refractivity contribution < 1.29 is 18.0 Å². The SMILES string of the molecule is CCC(C(=O)NC(C)C)N(Cc1ccc(C)cc1)C(=O)CN(c1ccc(C)cc1)S(C)(=O)=O. The van der Waals surface area contributed by atoms with Gasteiger partial charge in [-0.25, -0.2) is 8.42 Å². The van der Waals surface area contributed by atoms with E-state index in [1.165, 1.54) is 4.90 Å². The second kappa shape index (κ2) is 11.3. The van der Waals surface area contributed by atoms with Crippen molar-refractivity contribution in [3.8, 4) is 0 Å². The highest BCUT2D eigenvalue weighted by Gasteiger charge is 2.31. The van der Waals surface area contributed by atoms with Gasteiger partial charge in [-0.15, -0.1) is 0 Å². The van der Waals surface area contributed by atoms with Crippen molar-refractivity contribution in [2.24, 2.45) is 0 Å². The van der Waals surface area contributed by atoms with Crippen LogP contribution < -0.4 is 9.62 Å². The van der Waals surface area contributed by atoms with Crippen molar-refractivity contribution in [3.63, 3.8) is 0 Å². The fourth-order valence-corrected chi connectivity index (χ4v) is 4.36. The quantitative estimate of drug-likeness (QED) is 0.573. The molecule has 2 aromatic rings. The smallest absolute Gasteiger partial charge is 0.244 e. The molecule has 33 heavy (non-hydrogen) atoms. The van der Waals surface area contributed by atoms with E-state index in [-0.39, 0.29) is 25.0 Å². The molecule has 1 atom stereocenters. The molecular formula is C25H35N3O4S. The molecule has 0 aliphatic carbocycles. The number of rotatable bonds is 10. The van der Waals surface area contributed by atoms with Gasteiger partial charge in [0.05, 0.1) is 11.9 Å². The molecule has 0 aliphatic heterocycles. The van der Waals surface area contributed by atoms with Crippen molar-refractivity contribution in [2.75, 3.05) is 17.1 Å². The van der Waals surface area contributed by atoms with Gasteiger partial charge in [0.25, 0.3) is 0 Å². The molecule has 0 bridgehead atoms. The van der Waals surface area contributed by atoms with E-state index in [1.807, 2.05) is 58.9 Å². The average molecular weight is 474 g/mol. The normalized spacial score (nSPS) is 12.3. The van der Waals surface area contributed by atoms with Crippen LogP contribution in [0, 0.1) is 13.8 Å². The first kappa shape index (κ1) is 26.4. The average Bonchev–Trinajstić information content (AvgIpc) is 2.72. The molecule has 180 valence electrons. The number of hydrogen-bond acceptors (Lipinski definition) is 4. The van der Waals surface area contributed by atoms with Gasteiger partial charge in [-0.3, -0.25) is 13.9 Å². The van der Waals surface area contributed by atoms with E-state index in [0.29, 0.717) is 12.1 Å². The van der Waals surface area contributed by atoms with Crippen LogP contribution in [0.1, 0.15) is 43.9 Å². The van der Waals surface area contributed by atoms with Crippen molar-refractivity contribution in [1.29, 1.82) is 0 Å². The highest BCUT2D eigenvalue weighted by Crippen LogP contribution is 2.20. The van der Waals surface area contributed by atoms with Crippen LogP contribution in [0.3, 0.4) is 0 Å². The first-order valence-electron chi connectivity index (χ1n) is 11.1. The van der Waals surface area contributed by atoms with Gasteiger partial charge in [0, 0.05) is 12.6 Å². The van der Waals surface area contributed by atoms with Crippen LogP contribution in [-0.2, 0) is 26.2 Å². The largest absolute Gasteiger partial charge is 0.352 e. The van der Waals surface area contributed by atoms with Crippen molar-refractivity contribution in [3.05, 3.63) is 65.2 Å². The number of nitrogens with zero attached hydrogens (tertiary/aromatic N) is 2. The molecule has 2 amide bonds. The summed E-state index contributed by atoms with van der Waals surface area (Å²) < 4.78 is 26.2. The number of sulfonamides is 1. The van der Waals surface area contributed by atoms with Crippen molar-refractivity contribution in [1.82, 2.24) is 10.2 Å². The summed E-state index contributed by atoms with van der Waals surface area (Å²) in [6.07, 6.45) is 1.48. The number of hydrogen-bond donors (Lipinski definition) is 1. The van der Waals surface area contributed by atoms with Crippen LogP contribution >= 0.6 is 0 Å². The Morgan fingerprint density at radius 2 is 1.45 bits per heavy atom. The predicted molar refractivity (Wildman–Crippen MR) is 132 cm³/mol. The summed E-state index contributed by atoms with van der Waals surface area (Å²) in [5.74, 6) is -0.693. The second-order valence-electron chi connectivity index (χ2n) is 8.70. The fraction of sp³-hybridized carbons (Fsp3) is 0.440. The summed E-state index contributed by atoms with van der Waals surface area (Å²) in [5.41, 5.74) is 3.34. The minimum absolute atomic E-state index is 0.0806. The third kappa shape index (κ3) is 7.60. The van der Waals surface area contributed by atoms with E-state index < -0.39 is 22.0 Å². The highest BCUT2D eigenvalue weighted by atomic mass is 32.2. The number of benzene rings is 2. The molecule has 0 saturated carbocycles. The van der Waals surface area contributed by atoms with Crippen LogP contribution in [-0.4, -0.2) is 50.0 Å². The molecule has 0 fully saturated rings. The molecule has 1 unspecified atom stereocenters.